The van der Waals surface area contributed by atoms with Gasteiger partial charge in [0, 0.05) is 25.0 Å². The summed E-state index contributed by atoms with van der Waals surface area (Å²) in [4.78, 5) is 27.4. The molecule has 1 fully saturated rings. The Kier molecular flexibility index (Phi) is 6.16. The Labute approximate surface area is 182 Å². The standard InChI is InChI=1S/C25H28N4O2/c1-18-6-3-7-20(14-18)21-8-4-10-23(15-21)26-25(31)22-9-5-12-28(16-22)24(30)17-29-13-11-19(2)27-29/h3-4,6-8,10-11,13-15,22H,5,9,12,16-17H2,1-2H3,(H,26,31)/t22-/m1/s1. The van der Waals surface area contributed by atoms with E-state index >= 15 is 0 Å². The minimum atomic E-state index is -0.209. The molecule has 0 unspecified atom stereocenters. The van der Waals surface area contributed by atoms with Gasteiger partial charge in [0.15, 0.2) is 0 Å². The minimum absolute atomic E-state index is 0.00189. The SMILES string of the molecule is Cc1cccc(-c2cccc(NC(=O)[C@@H]3CCCN(C(=O)Cn4ccc(C)n4)C3)c2)c1. The number of rotatable bonds is 5. The number of nitrogens with one attached hydrogen (secondary N) is 1. The summed E-state index contributed by atoms with van der Waals surface area (Å²) in [6, 6.07) is 18.1. The zero-order chi connectivity index (χ0) is 21.8. The third-order valence-corrected chi connectivity index (χ3v) is 5.70. The summed E-state index contributed by atoms with van der Waals surface area (Å²) in [5, 5.41) is 7.34. The number of piperidine rings is 1. The van der Waals surface area contributed by atoms with Gasteiger partial charge in [-0.2, -0.15) is 5.10 Å². The maximum atomic E-state index is 12.9. The number of amides is 2. The fraction of sp³-hybridized carbons (Fsp3) is 0.320. The summed E-state index contributed by atoms with van der Waals surface area (Å²) in [5.74, 6) is -0.240. The molecule has 4 rings (SSSR count). The van der Waals surface area contributed by atoms with Crippen molar-refractivity contribution in [1.82, 2.24) is 14.7 Å². The first kappa shape index (κ1) is 20.8. The van der Waals surface area contributed by atoms with E-state index in [1.165, 1.54) is 5.56 Å². The Hall–Kier alpha value is -3.41. The van der Waals surface area contributed by atoms with Crippen molar-refractivity contribution in [3.8, 4) is 11.1 Å². The first-order chi connectivity index (χ1) is 15.0. The number of nitrogens with zero attached hydrogens (tertiary/aromatic N) is 3. The van der Waals surface area contributed by atoms with E-state index in [1.807, 2.05) is 49.5 Å². The van der Waals surface area contributed by atoms with Crippen LogP contribution < -0.4 is 5.32 Å². The van der Waals surface area contributed by atoms with Gasteiger partial charge in [-0.25, -0.2) is 0 Å². The second-order valence-electron chi connectivity index (χ2n) is 8.27. The molecule has 0 bridgehead atoms. The van der Waals surface area contributed by atoms with E-state index in [1.54, 1.807) is 9.58 Å². The van der Waals surface area contributed by atoms with E-state index in [-0.39, 0.29) is 24.3 Å². The fourth-order valence-electron chi connectivity index (χ4n) is 4.05. The van der Waals surface area contributed by atoms with Crippen LogP contribution in [0.5, 0.6) is 0 Å². The minimum Gasteiger partial charge on any atom is -0.340 e. The molecule has 1 aliphatic rings. The predicted octanol–water partition coefficient (Wildman–Crippen LogP) is 4.04. The number of likely N-dealkylation sites (tertiary alicyclic amines) is 1. The maximum absolute atomic E-state index is 12.9. The fourth-order valence-corrected chi connectivity index (χ4v) is 4.05. The first-order valence-electron chi connectivity index (χ1n) is 10.7. The van der Waals surface area contributed by atoms with E-state index in [9.17, 15) is 9.59 Å². The topological polar surface area (TPSA) is 67.2 Å². The Morgan fingerprint density at radius 2 is 1.84 bits per heavy atom. The van der Waals surface area contributed by atoms with E-state index in [4.69, 9.17) is 0 Å². The van der Waals surface area contributed by atoms with Gasteiger partial charge < -0.3 is 10.2 Å². The molecular formula is C25H28N4O2. The normalized spacial score (nSPS) is 16.2. The van der Waals surface area contributed by atoms with Gasteiger partial charge in [0.05, 0.1) is 11.6 Å². The molecule has 1 N–H and O–H groups in total. The lowest BCUT2D eigenvalue weighted by Gasteiger charge is -2.32. The zero-order valence-electron chi connectivity index (χ0n) is 18.0. The van der Waals surface area contributed by atoms with Gasteiger partial charge in [0.2, 0.25) is 11.8 Å². The lowest BCUT2D eigenvalue weighted by Crippen LogP contribution is -2.45. The van der Waals surface area contributed by atoms with Crippen molar-refractivity contribution in [2.75, 3.05) is 18.4 Å². The Bertz CT molecular complexity index is 1090. The summed E-state index contributed by atoms with van der Waals surface area (Å²) in [6.45, 7) is 5.31. The second-order valence-corrected chi connectivity index (χ2v) is 8.27. The molecule has 1 aromatic heterocycles. The van der Waals surface area contributed by atoms with Crippen LogP contribution in [0, 0.1) is 19.8 Å². The van der Waals surface area contributed by atoms with Crippen molar-refractivity contribution in [1.29, 1.82) is 0 Å². The van der Waals surface area contributed by atoms with E-state index < -0.39 is 0 Å². The van der Waals surface area contributed by atoms with E-state index in [2.05, 4.69) is 35.5 Å². The van der Waals surface area contributed by atoms with Gasteiger partial charge in [0.1, 0.15) is 6.54 Å². The number of hydrogen-bond donors (Lipinski definition) is 1. The van der Waals surface area contributed by atoms with Crippen LogP contribution in [0.3, 0.4) is 0 Å². The Morgan fingerprint density at radius 1 is 1.06 bits per heavy atom. The molecular weight excluding hydrogens is 388 g/mol. The van der Waals surface area contributed by atoms with Crippen LogP contribution in [0.15, 0.2) is 60.8 Å². The number of benzene rings is 2. The third-order valence-electron chi connectivity index (χ3n) is 5.70. The van der Waals surface area contributed by atoms with Crippen molar-refractivity contribution < 1.29 is 9.59 Å². The lowest BCUT2D eigenvalue weighted by atomic mass is 9.96. The summed E-state index contributed by atoms with van der Waals surface area (Å²) in [5.41, 5.74) is 5.05. The molecule has 0 aliphatic carbocycles. The van der Waals surface area contributed by atoms with Crippen molar-refractivity contribution in [3.63, 3.8) is 0 Å². The molecule has 2 amide bonds. The first-order valence-corrected chi connectivity index (χ1v) is 10.7. The van der Waals surface area contributed by atoms with Gasteiger partial charge >= 0.3 is 0 Å². The molecule has 2 aromatic carbocycles. The van der Waals surface area contributed by atoms with Crippen LogP contribution in [0.4, 0.5) is 5.69 Å². The predicted molar refractivity (Wildman–Crippen MR) is 122 cm³/mol. The molecule has 0 radical (unpaired) electrons. The summed E-state index contributed by atoms with van der Waals surface area (Å²) in [6.07, 6.45) is 3.42. The Morgan fingerprint density at radius 3 is 2.58 bits per heavy atom. The number of hydrogen-bond acceptors (Lipinski definition) is 3. The monoisotopic (exact) mass is 416 g/mol. The number of carbonyl (C=O) groups is 2. The van der Waals surface area contributed by atoms with Crippen molar-refractivity contribution in [3.05, 3.63) is 72.1 Å². The average Bonchev–Trinajstić information content (AvgIpc) is 3.18. The molecule has 0 spiro atoms. The molecule has 6 heteroatoms. The van der Waals surface area contributed by atoms with Gasteiger partial charge in [-0.3, -0.25) is 14.3 Å². The van der Waals surface area contributed by atoms with Crippen LogP contribution in [-0.2, 0) is 16.1 Å². The van der Waals surface area contributed by atoms with Crippen molar-refractivity contribution in [2.24, 2.45) is 5.92 Å². The molecule has 2 heterocycles. The summed E-state index contributed by atoms with van der Waals surface area (Å²) in [7, 11) is 0. The quantitative estimate of drug-likeness (QED) is 0.682. The zero-order valence-corrected chi connectivity index (χ0v) is 18.0. The van der Waals surface area contributed by atoms with Crippen LogP contribution in [0.1, 0.15) is 24.1 Å². The molecule has 3 aromatic rings. The summed E-state index contributed by atoms with van der Waals surface area (Å²) < 4.78 is 1.65. The number of aromatic nitrogens is 2. The largest absolute Gasteiger partial charge is 0.340 e. The lowest BCUT2D eigenvalue weighted by molar-refractivity contribution is -0.135. The van der Waals surface area contributed by atoms with Crippen LogP contribution >= 0.6 is 0 Å². The molecule has 160 valence electrons. The molecule has 1 saturated heterocycles. The highest BCUT2D eigenvalue weighted by molar-refractivity contribution is 5.93. The highest BCUT2D eigenvalue weighted by atomic mass is 16.2. The smallest absolute Gasteiger partial charge is 0.244 e. The molecule has 1 aliphatic heterocycles. The van der Waals surface area contributed by atoms with Gasteiger partial charge in [-0.05, 0) is 56.0 Å². The van der Waals surface area contributed by atoms with Crippen LogP contribution in [-0.4, -0.2) is 39.6 Å². The van der Waals surface area contributed by atoms with Crippen LogP contribution in [0.25, 0.3) is 11.1 Å². The summed E-state index contributed by atoms with van der Waals surface area (Å²) >= 11 is 0. The molecule has 1 atom stereocenters. The highest BCUT2D eigenvalue weighted by Crippen LogP contribution is 2.25. The number of carbonyl (C=O) groups excluding carboxylic acids is 2. The number of anilines is 1. The van der Waals surface area contributed by atoms with Crippen LogP contribution in [0.2, 0.25) is 0 Å². The average molecular weight is 417 g/mol. The van der Waals surface area contributed by atoms with E-state index in [0.717, 1.165) is 35.3 Å². The third kappa shape index (κ3) is 5.20. The molecule has 6 nitrogen and oxygen atoms in total. The second kappa shape index (κ2) is 9.16. The Balaban J connectivity index is 1.39. The van der Waals surface area contributed by atoms with Crippen molar-refractivity contribution >= 4 is 17.5 Å². The molecule has 31 heavy (non-hydrogen) atoms. The van der Waals surface area contributed by atoms with Gasteiger partial charge in [0.25, 0.3) is 0 Å². The highest BCUT2D eigenvalue weighted by Gasteiger charge is 2.28. The van der Waals surface area contributed by atoms with Gasteiger partial charge in [-0.1, -0.05) is 42.0 Å². The van der Waals surface area contributed by atoms with Crippen molar-refractivity contribution in [2.45, 2.75) is 33.2 Å². The van der Waals surface area contributed by atoms with Gasteiger partial charge in [-0.15, -0.1) is 0 Å². The molecule has 0 saturated carbocycles. The number of aryl methyl sites for hydroxylation is 2. The van der Waals surface area contributed by atoms with E-state index in [0.29, 0.717) is 13.1 Å². The maximum Gasteiger partial charge on any atom is 0.244 e.